The molecule has 1 amide bonds. The number of benzene rings is 2. The second kappa shape index (κ2) is 12.3. The van der Waals surface area contributed by atoms with Gasteiger partial charge in [-0.15, -0.1) is 0 Å². The summed E-state index contributed by atoms with van der Waals surface area (Å²) in [6, 6.07) is 8.06. The monoisotopic (exact) mass is 430 g/mol. The molecular weight excluding hydrogens is 400 g/mol. The topological polar surface area (TPSA) is 98.6 Å². The fourth-order valence-corrected chi connectivity index (χ4v) is 2.69. The number of phenols is 1. The number of nitrogens with zero attached hydrogens (tertiary/aromatic N) is 1. The molecule has 0 spiro atoms. The van der Waals surface area contributed by atoms with Gasteiger partial charge < -0.3 is 24.1 Å². The molecule has 0 atom stereocenters. The van der Waals surface area contributed by atoms with Gasteiger partial charge in [0.1, 0.15) is 11.5 Å². The lowest BCUT2D eigenvalue weighted by Gasteiger charge is -2.16. The zero-order valence-electron chi connectivity index (χ0n) is 18.4. The van der Waals surface area contributed by atoms with Crippen molar-refractivity contribution in [3.05, 3.63) is 41.5 Å². The van der Waals surface area contributed by atoms with E-state index in [2.05, 4.69) is 10.5 Å². The van der Waals surface area contributed by atoms with Gasteiger partial charge in [0, 0.05) is 17.2 Å². The number of amides is 1. The lowest BCUT2D eigenvalue weighted by molar-refractivity contribution is 0.0954. The first-order valence-electron chi connectivity index (χ1n) is 10.4. The Morgan fingerprint density at radius 3 is 2.16 bits per heavy atom. The molecule has 168 valence electrons. The van der Waals surface area contributed by atoms with E-state index in [-0.39, 0.29) is 5.75 Å². The van der Waals surface area contributed by atoms with Crippen LogP contribution in [0.4, 0.5) is 0 Å². The van der Waals surface area contributed by atoms with Crippen LogP contribution in [-0.4, -0.2) is 43.7 Å². The molecule has 0 radical (unpaired) electrons. The average Bonchev–Trinajstić information content (AvgIpc) is 2.75. The molecule has 8 heteroatoms. The van der Waals surface area contributed by atoms with Crippen LogP contribution in [0.1, 0.15) is 50.0 Å². The van der Waals surface area contributed by atoms with E-state index >= 15 is 0 Å². The molecule has 0 aromatic heterocycles. The van der Waals surface area contributed by atoms with Crippen LogP contribution < -0.4 is 24.4 Å². The number of ether oxygens (including phenoxy) is 4. The summed E-state index contributed by atoms with van der Waals surface area (Å²) in [5.74, 6) is 1.42. The van der Waals surface area contributed by atoms with Crippen LogP contribution in [0, 0.1) is 0 Å². The van der Waals surface area contributed by atoms with Gasteiger partial charge in [-0.1, -0.05) is 6.92 Å². The molecule has 2 rings (SSSR count). The van der Waals surface area contributed by atoms with Gasteiger partial charge in [0.05, 0.1) is 32.6 Å². The van der Waals surface area contributed by atoms with E-state index < -0.39 is 5.91 Å². The minimum Gasteiger partial charge on any atom is -0.507 e. The molecule has 0 heterocycles. The highest BCUT2D eigenvalue weighted by molar-refractivity contribution is 5.96. The van der Waals surface area contributed by atoms with Crippen LogP contribution in [0.3, 0.4) is 0 Å². The Hall–Kier alpha value is -3.42. The third-order valence-electron chi connectivity index (χ3n) is 4.02. The molecule has 0 aliphatic carbocycles. The summed E-state index contributed by atoms with van der Waals surface area (Å²) >= 11 is 0. The molecule has 0 bridgehead atoms. The fourth-order valence-electron chi connectivity index (χ4n) is 2.69. The maximum Gasteiger partial charge on any atom is 0.271 e. The van der Waals surface area contributed by atoms with E-state index in [0.717, 1.165) is 6.42 Å². The van der Waals surface area contributed by atoms with Gasteiger partial charge in [-0.05, 0) is 51.5 Å². The predicted molar refractivity (Wildman–Crippen MR) is 119 cm³/mol. The van der Waals surface area contributed by atoms with Crippen LogP contribution in [0.5, 0.6) is 28.7 Å². The van der Waals surface area contributed by atoms with E-state index in [1.54, 1.807) is 24.3 Å². The third kappa shape index (κ3) is 6.80. The summed E-state index contributed by atoms with van der Waals surface area (Å²) in [6.45, 7) is 9.37. The van der Waals surface area contributed by atoms with Crippen molar-refractivity contribution in [3.8, 4) is 28.7 Å². The Bertz CT molecular complexity index is 871. The third-order valence-corrected chi connectivity index (χ3v) is 4.02. The molecule has 0 aliphatic rings. The highest BCUT2D eigenvalue weighted by Gasteiger charge is 2.18. The second-order valence-electron chi connectivity index (χ2n) is 6.37. The van der Waals surface area contributed by atoms with E-state index in [0.29, 0.717) is 60.6 Å². The molecule has 2 N–H and O–H groups in total. The number of phenolic OH excluding ortho intramolecular Hbond substituents is 1. The van der Waals surface area contributed by atoms with Gasteiger partial charge in [0.2, 0.25) is 5.75 Å². The summed E-state index contributed by atoms with van der Waals surface area (Å²) in [7, 11) is 0. The molecule has 2 aromatic rings. The Morgan fingerprint density at radius 1 is 0.968 bits per heavy atom. The number of hydrazone groups is 1. The van der Waals surface area contributed by atoms with Crippen LogP contribution in [0.25, 0.3) is 0 Å². The van der Waals surface area contributed by atoms with E-state index in [4.69, 9.17) is 18.9 Å². The number of nitrogens with one attached hydrogen (secondary N) is 1. The van der Waals surface area contributed by atoms with Crippen molar-refractivity contribution in [2.45, 2.75) is 34.1 Å². The lowest BCUT2D eigenvalue weighted by atomic mass is 10.1. The van der Waals surface area contributed by atoms with Gasteiger partial charge in [0.15, 0.2) is 11.5 Å². The van der Waals surface area contributed by atoms with Crippen LogP contribution in [0.15, 0.2) is 35.4 Å². The Labute approximate surface area is 182 Å². The van der Waals surface area contributed by atoms with Gasteiger partial charge >= 0.3 is 0 Å². The molecule has 8 nitrogen and oxygen atoms in total. The first-order chi connectivity index (χ1) is 15.0. The lowest BCUT2D eigenvalue weighted by Crippen LogP contribution is -2.18. The Balaban J connectivity index is 2.17. The predicted octanol–water partition coefficient (Wildman–Crippen LogP) is 4.14. The van der Waals surface area contributed by atoms with Crippen molar-refractivity contribution >= 4 is 12.1 Å². The molecule has 2 aromatic carbocycles. The van der Waals surface area contributed by atoms with Gasteiger partial charge in [0.25, 0.3) is 5.91 Å². The SMILES string of the molecule is CCCOc1ccc(C=NNC(=O)c2cc(OCC)c(OCC)c(OCC)c2)c(O)c1. The molecule has 0 saturated heterocycles. The van der Waals surface area contributed by atoms with Crippen molar-refractivity contribution in [3.63, 3.8) is 0 Å². The molecule has 0 unspecified atom stereocenters. The number of aromatic hydroxyl groups is 1. The summed E-state index contributed by atoms with van der Waals surface area (Å²) in [5.41, 5.74) is 3.20. The second-order valence-corrected chi connectivity index (χ2v) is 6.37. The fraction of sp³-hybridized carbons (Fsp3) is 0.391. The number of carbonyl (C=O) groups excluding carboxylic acids is 1. The van der Waals surface area contributed by atoms with Crippen LogP contribution in [0.2, 0.25) is 0 Å². The number of rotatable bonds is 12. The van der Waals surface area contributed by atoms with Crippen molar-refractivity contribution < 1.29 is 28.8 Å². The van der Waals surface area contributed by atoms with Gasteiger partial charge in [-0.3, -0.25) is 4.79 Å². The molecule has 0 fully saturated rings. The first-order valence-corrected chi connectivity index (χ1v) is 10.4. The van der Waals surface area contributed by atoms with Crippen molar-refractivity contribution in [1.82, 2.24) is 5.43 Å². The van der Waals surface area contributed by atoms with Gasteiger partial charge in [-0.25, -0.2) is 5.43 Å². The van der Waals surface area contributed by atoms with Crippen molar-refractivity contribution in [2.75, 3.05) is 26.4 Å². The highest BCUT2D eigenvalue weighted by Crippen LogP contribution is 2.39. The van der Waals surface area contributed by atoms with Crippen LogP contribution >= 0.6 is 0 Å². The Morgan fingerprint density at radius 2 is 1.61 bits per heavy atom. The Kier molecular flexibility index (Phi) is 9.48. The zero-order chi connectivity index (χ0) is 22.6. The minimum absolute atomic E-state index is 0.00457. The number of carbonyl (C=O) groups is 1. The standard InChI is InChI=1S/C23H30N2O6/c1-5-11-31-18-10-9-16(19(26)14-18)15-24-25-23(27)17-12-20(28-6-2)22(30-8-4)21(13-17)29-7-3/h9-10,12-15,26H,5-8,11H2,1-4H3,(H,25,27). The maximum absolute atomic E-state index is 12.6. The maximum atomic E-state index is 12.6. The molecule has 31 heavy (non-hydrogen) atoms. The minimum atomic E-state index is -0.455. The van der Waals surface area contributed by atoms with E-state index in [9.17, 15) is 9.90 Å². The summed E-state index contributed by atoms with van der Waals surface area (Å²) in [5, 5.41) is 14.1. The van der Waals surface area contributed by atoms with Crippen molar-refractivity contribution in [1.29, 1.82) is 0 Å². The number of hydrogen-bond acceptors (Lipinski definition) is 7. The highest BCUT2D eigenvalue weighted by atomic mass is 16.5. The molecule has 0 saturated carbocycles. The van der Waals surface area contributed by atoms with Gasteiger partial charge in [-0.2, -0.15) is 5.10 Å². The zero-order valence-corrected chi connectivity index (χ0v) is 18.4. The average molecular weight is 431 g/mol. The van der Waals surface area contributed by atoms with Crippen LogP contribution in [-0.2, 0) is 0 Å². The smallest absolute Gasteiger partial charge is 0.271 e. The van der Waals surface area contributed by atoms with Crippen molar-refractivity contribution in [2.24, 2.45) is 5.10 Å². The first kappa shape index (κ1) is 23.9. The largest absolute Gasteiger partial charge is 0.507 e. The summed E-state index contributed by atoms with van der Waals surface area (Å²) < 4.78 is 22.4. The summed E-state index contributed by atoms with van der Waals surface area (Å²) in [6.07, 6.45) is 2.23. The number of hydrogen-bond donors (Lipinski definition) is 2. The normalized spacial score (nSPS) is 10.7. The van der Waals surface area contributed by atoms with E-state index in [1.807, 2.05) is 27.7 Å². The molecule has 0 aliphatic heterocycles. The summed E-state index contributed by atoms with van der Waals surface area (Å²) in [4.78, 5) is 12.6. The van der Waals surface area contributed by atoms with E-state index in [1.165, 1.54) is 12.3 Å². The molecular formula is C23H30N2O6. The quantitative estimate of drug-likeness (QED) is 0.388.